The highest BCUT2D eigenvalue weighted by Gasteiger charge is 2.14. The Morgan fingerprint density at radius 3 is 2.17 bits per heavy atom. The first-order chi connectivity index (χ1) is 10.7. The molecule has 1 aromatic rings. The molecule has 1 aromatic carbocycles. The summed E-state index contributed by atoms with van der Waals surface area (Å²) in [6.07, 6.45) is 0.280. The van der Waals surface area contributed by atoms with Gasteiger partial charge in [-0.2, -0.15) is 0 Å². The standard InChI is InChI=1S/C18H29N3O2.ClH/c1-13(19-5)12-21-16(22)10-11-20-17(23)14-6-8-15(9-7-14)18(2,3)4;/h6-9,13,19H,10-12H2,1-5H3,(H,20,23)(H,21,22);1H. The van der Waals surface area contributed by atoms with Crippen LogP contribution in [0.1, 0.15) is 50.0 Å². The maximum atomic E-state index is 12.0. The van der Waals surface area contributed by atoms with Crippen molar-refractivity contribution in [2.45, 2.75) is 45.6 Å². The van der Waals surface area contributed by atoms with E-state index < -0.39 is 0 Å². The first-order valence-corrected chi connectivity index (χ1v) is 8.06. The van der Waals surface area contributed by atoms with Crippen LogP contribution in [-0.4, -0.2) is 38.0 Å². The molecule has 0 aliphatic carbocycles. The minimum atomic E-state index is -0.151. The van der Waals surface area contributed by atoms with E-state index >= 15 is 0 Å². The summed E-state index contributed by atoms with van der Waals surface area (Å²) in [7, 11) is 1.85. The Morgan fingerprint density at radius 1 is 1.08 bits per heavy atom. The Kier molecular flexibility index (Phi) is 9.63. The van der Waals surface area contributed by atoms with Crippen LogP contribution < -0.4 is 16.0 Å². The van der Waals surface area contributed by atoms with Crippen molar-refractivity contribution in [3.63, 3.8) is 0 Å². The minimum absolute atomic E-state index is 0. The summed E-state index contributed by atoms with van der Waals surface area (Å²) in [4.78, 5) is 23.7. The minimum Gasteiger partial charge on any atom is -0.354 e. The van der Waals surface area contributed by atoms with Crippen LogP contribution in [0, 0.1) is 0 Å². The van der Waals surface area contributed by atoms with Gasteiger partial charge in [-0.25, -0.2) is 0 Å². The second-order valence-corrected chi connectivity index (χ2v) is 6.83. The van der Waals surface area contributed by atoms with Crippen LogP contribution >= 0.6 is 12.4 Å². The molecule has 0 radical (unpaired) electrons. The van der Waals surface area contributed by atoms with Crippen LogP contribution in [0.15, 0.2) is 24.3 Å². The van der Waals surface area contributed by atoms with Crippen molar-refractivity contribution in [2.24, 2.45) is 0 Å². The smallest absolute Gasteiger partial charge is 0.251 e. The maximum absolute atomic E-state index is 12.0. The number of likely N-dealkylation sites (N-methyl/N-ethyl adjacent to an activating group) is 1. The average molecular weight is 356 g/mol. The van der Waals surface area contributed by atoms with Crippen LogP contribution in [0.2, 0.25) is 0 Å². The monoisotopic (exact) mass is 355 g/mol. The van der Waals surface area contributed by atoms with E-state index in [1.807, 2.05) is 38.2 Å². The Bertz CT molecular complexity index is 524. The van der Waals surface area contributed by atoms with Gasteiger partial charge in [0.05, 0.1) is 0 Å². The van der Waals surface area contributed by atoms with Crippen molar-refractivity contribution in [1.29, 1.82) is 0 Å². The van der Waals surface area contributed by atoms with E-state index in [1.165, 1.54) is 5.56 Å². The molecule has 2 amide bonds. The summed E-state index contributed by atoms with van der Waals surface area (Å²) < 4.78 is 0. The number of carbonyl (C=O) groups excluding carboxylic acids is 2. The molecule has 24 heavy (non-hydrogen) atoms. The highest BCUT2D eigenvalue weighted by Crippen LogP contribution is 2.22. The topological polar surface area (TPSA) is 70.2 Å². The summed E-state index contributed by atoms with van der Waals surface area (Å²) in [6, 6.07) is 7.83. The molecule has 0 spiro atoms. The first-order valence-electron chi connectivity index (χ1n) is 8.06. The number of benzene rings is 1. The lowest BCUT2D eigenvalue weighted by molar-refractivity contribution is -0.121. The van der Waals surface area contributed by atoms with Crippen molar-refractivity contribution < 1.29 is 9.59 Å². The largest absolute Gasteiger partial charge is 0.354 e. The van der Waals surface area contributed by atoms with Gasteiger partial charge in [-0.3, -0.25) is 9.59 Å². The van der Waals surface area contributed by atoms with Crippen molar-refractivity contribution in [2.75, 3.05) is 20.1 Å². The fourth-order valence-corrected chi connectivity index (χ4v) is 1.97. The van der Waals surface area contributed by atoms with Crippen molar-refractivity contribution in [3.8, 4) is 0 Å². The lowest BCUT2D eigenvalue weighted by Crippen LogP contribution is -2.38. The summed E-state index contributed by atoms with van der Waals surface area (Å²) in [6.45, 7) is 9.31. The molecule has 0 fully saturated rings. The van der Waals surface area contributed by atoms with Gasteiger partial charge in [0.25, 0.3) is 5.91 Å². The van der Waals surface area contributed by atoms with Gasteiger partial charge in [0, 0.05) is 31.1 Å². The van der Waals surface area contributed by atoms with Crippen molar-refractivity contribution >= 4 is 24.2 Å². The molecular formula is C18H30ClN3O2. The molecule has 3 N–H and O–H groups in total. The number of amides is 2. The van der Waals surface area contributed by atoms with E-state index in [4.69, 9.17) is 0 Å². The Labute approximate surface area is 151 Å². The number of hydrogen-bond donors (Lipinski definition) is 3. The summed E-state index contributed by atoms with van der Waals surface area (Å²) >= 11 is 0. The summed E-state index contributed by atoms with van der Waals surface area (Å²) in [5, 5.41) is 8.64. The molecular weight excluding hydrogens is 326 g/mol. The molecule has 1 rings (SSSR count). The van der Waals surface area contributed by atoms with Gasteiger partial charge in [0.15, 0.2) is 0 Å². The van der Waals surface area contributed by atoms with E-state index in [9.17, 15) is 9.59 Å². The van der Waals surface area contributed by atoms with Gasteiger partial charge in [-0.15, -0.1) is 12.4 Å². The number of halogens is 1. The molecule has 1 unspecified atom stereocenters. The van der Waals surface area contributed by atoms with Crippen LogP contribution in [0.5, 0.6) is 0 Å². The quantitative estimate of drug-likeness (QED) is 0.702. The molecule has 0 aromatic heterocycles. The fourth-order valence-electron chi connectivity index (χ4n) is 1.97. The Balaban J connectivity index is 0.00000529. The second-order valence-electron chi connectivity index (χ2n) is 6.83. The predicted molar refractivity (Wildman–Crippen MR) is 101 cm³/mol. The normalized spacial score (nSPS) is 12.0. The Morgan fingerprint density at radius 2 is 1.67 bits per heavy atom. The van der Waals surface area contributed by atoms with Gasteiger partial charge < -0.3 is 16.0 Å². The third-order valence-electron chi connectivity index (χ3n) is 3.75. The molecule has 1 atom stereocenters. The van der Waals surface area contributed by atoms with Gasteiger partial charge in [-0.05, 0) is 37.1 Å². The Hall–Kier alpha value is -1.59. The van der Waals surface area contributed by atoms with Gasteiger partial charge >= 0.3 is 0 Å². The number of nitrogens with one attached hydrogen (secondary N) is 3. The molecule has 0 heterocycles. The highest BCUT2D eigenvalue weighted by molar-refractivity contribution is 5.94. The zero-order chi connectivity index (χ0) is 17.5. The van der Waals surface area contributed by atoms with Gasteiger partial charge in [0.2, 0.25) is 5.91 Å². The molecule has 0 saturated carbocycles. The molecule has 0 aliphatic heterocycles. The number of rotatable bonds is 7. The van der Waals surface area contributed by atoms with Gasteiger partial charge in [0.1, 0.15) is 0 Å². The third-order valence-corrected chi connectivity index (χ3v) is 3.75. The van der Waals surface area contributed by atoms with E-state index in [2.05, 4.69) is 36.7 Å². The average Bonchev–Trinajstić information content (AvgIpc) is 2.51. The second kappa shape index (κ2) is 10.3. The van der Waals surface area contributed by atoms with E-state index in [1.54, 1.807) is 0 Å². The number of carbonyl (C=O) groups is 2. The summed E-state index contributed by atoms with van der Waals surface area (Å²) in [5.74, 6) is -0.211. The first kappa shape index (κ1) is 22.4. The van der Waals surface area contributed by atoms with Crippen LogP contribution in [-0.2, 0) is 10.2 Å². The summed E-state index contributed by atoms with van der Waals surface area (Å²) in [5.41, 5.74) is 1.87. The highest BCUT2D eigenvalue weighted by atomic mass is 35.5. The molecule has 136 valence electrons. The zero-order valence-electron chi connectivity index (χ0n) is 15.2. The SMILES string of the molecule is CNC(C)CNC(=O)CCNC(=O)c1ccc(C(C)(C)C)cc1.Cl. The van der Waals surface area contributed by atoms with Gasteiger partial charge in [-0.1, -0.05) is 32.9 Å². The van der Waals surface area contributed by atoms with E-state index in [0.29, 0.717) is 18.7 Å². The lowest BCUT2D eigenvalue weighted by Gasteiger charge is -2.19. The molecule has 0 bridgehead atoms. The molecule has 5 nitrogen and oxygen atoms in total. The lowest BCUT2D eigenvalue weighted by atomic mass is 9.87. The zero-order valence-corrected chi connectivity index (χ0v) is 16.0. The fraction of sp³-hybridized carbons (Fsp3) is 0.556. The number of hydrogen-bond acceptors (Lipinski definition) is 3. The van der Waals surface area contributed by atoms with Crippen LogP contribution in [0.25, 0.3) is 0 Å². The van der Waals surface area contributed by atoms with Crippen LogP contribution in [0.3, 0.4) is 0 Å². The predicted octanol–water partition coefficient (Wildman–Crippen LogP) is 2.25. The van der Waals surface area contributed by atoms with Crippen molar-refractivity contribution in [3.05, 3.63) is 35.4 Å². The maximum Gasteiger partial charge on any atom is 0.251 e. The van der Waals surface area contributed by atoms with E-state index in [-0.39, 0.29) is 42.1 Å². The third kappa shape index (κ3) is 7.79. The van der Waals surface area contributed by atoms with E-state index in [0.717, 1.165) is 0 Å². The molecule has 6 heteroatoms. The molecule has 0 saturated heterocycles. The van der Waals surface area contributed by atoms with Crippen LogP contribution in [0.4, 0.5) is 0 Å². The molecule has 0 aliphatic rings. The van der Waals surface area contributed by atoms with Crippen molar-refractivity contribution in [1.82, 2.24) is 16.0 Å².